The third-order valence-corrected chi connectivity index (χ3v) is 3.95. The van der Waals surface area contributed by atoms with Crippen LogP contribution in [-0.2, 0) is 4.74 Å². The number of Topliss-reactive ketones (excluding diaryl/α,β-unsaturated/α-hetero) is 1. The standard InChI is InChI=1S/C13H21N3O3S/c1-5-8(17)11-10(14)9(12(18)15-3)13(20-11)16-7(2)6-19-4/h7,16H,5-6,14H2,1-4H3,(H,15,18). The number of amides is 1. The van der Waals surface area contributed by atoms with Gasteiger partial charge in [0, 0.05) is 26.6 Å². The molecule has 1 heterocycles. The Bertz CT molecular complexity index is 499. The van der Waals surface area contributed by atoms with E-state index in [4.69, 9.17) is 10.5 Å². The molecule has 1 unspecified atom stereocenters. The lowest BCUT2D eigenvalue weighted by molar-refractivity contribution is 0.0964. The number of ketones is 1. The number of nitrogen functional groups attached to an aromatic ring is 1. The molecule has 7 heteroatoms. The van der Waals surface area contributed by atoms with Crippen LogP contribution >= 0.6 is 11.3 Å². The number of thiophene rings is 1. The summed E-state index contributed by atoms with van der Waals surface area (Å²) in [6, 6.07) is 0.00559. The van der Waals surface area contributed by atoms with Gasteiger partial charge in [-0.15, -0.1) is 11.3 Å². The minimum atomic E-state index is -0.305. The van der Waals surface area contributed by atoms with Crippen LogP contribution in [0.5, 0.6) is 0 Å². The first-order valence-electron chi connectivity index (χ1n) is 6.39. The van der Waals surface area contributed by atoms with Crippen molar-refractivity contribution in [3.05, 3.63) is 10.4 Å². The average molecular weight is 299 g/mol. The molecule has 1 rings (SSSR count). The van der Waals surface area contributed by atoms with Crippen LogP contribution in [0.2, 0.25) is 0 Å². The Balaban J connectivity index is 3.20. The number of rotatable bonds is 7. The number of hydrogen-bond donors (Lipinski definition) is 3. The SMILES string of the molecule is CCC(=O)c1sc(NC(C)COC)c(C(=O)NC)c1N. The first-order valence-corrected chi connectivity index (χ1v) is 7.20. The highest BCUT2D eigenvalue weighted by Crippen LogP contribution is 2.36. The fourth-order valence-corrected chi connectivity index (χ4v) is 3.02. The number of methoxy groups -OCH3 is 1. The predicted molar refractivity (Wildman–Crippen MR) is 81.7 cm³/mol. The summed E-state index contributed by atoms with van der Waals surface area (Å²) in [5, 5.41) is 6.31. The molecule has 4 N–H and O–H groups in total. The zero-order valence-electron chi connectivity index (χ0n) is 12.2. The molecular weight excluding hydrogens is 278 g/mol. The number of ether oxygens (including phenoxy) is 1. The van der Waals surface area contributed by atoms with Crippen LogP contribution in [0.3, 0.4) is 0 Å². The molecule has 0 saturated heterocycles. The van der Waals surface area contributed by atoms with Crippen molar-refractivity contribution in [2.75, 3.05) is 31.8 Å². The lowest BCUT2D eigenvalue weighted by Crippen LogP contribution is -2.24. The van der Waals surface area contributed by atoms with Crippen LogP contribution in [-0.4, -0.2) is 38.5 Å². The van der Waals surface area contributed by atoms with Crippen molar-refractivity contribution in [2.24, 2.45) is 0 Å². The van der Waals surface area contributed by atoms with E-state index in [1.165, 1.54) is 18.4 Å². The number of nitrogens with one attached hydrogen (secondary N) is 2. The normalized spacial score (nSPS) is 12.0. The fraction of sp³-hybridized carbons (Fsp3) is 0.538. The van der Waals surface area contributed by atoms with Crippen molar-refractivity contribution < 1.29 is 14.3 Å². The maximum atomic E-state index is 12.0. The van der Waals surface area contributed by atoms with Crippen molar-refractivity contribution >= 4 is 33.7 Å². The summed E-state index contributed by atoms with van der Waals surface area (Å²) in [4.78, 5) is 24.2. The average Bonchev–Trinajstić information content (AvgIpc) is 2.74. The molecule has 0 fully saturated rings. The van der Waals surface area contributed by atoms with Gasteiger partial charge in [-0.25, -0.2) is 0 Å². The monoisotopic (exact) mass is 299 g/mol. The smallest absolute Gasteiger partial charge is 0.256 e. The van der Waals surface area contributed by atoms with Crippen molar-refractivity contribution in [2.45, 2.75) is 26.3 Å². The Morgan fingerprint density at radius 3 is 2.60 bits per heavy atom. The highest BCUT2D eigenvalue weighted by atomic mass is 32.1. The van der Waals surface area contributed by atoms with Crippen molar-refractivity contribution in [3.63, 3.8) is 0 Å². The van der Waals surface area contributed by atoms with Gasteiger partial charge in [0.2, 0.25) is 0 Å². The highest BCUT2D eigenvalue weighted by molar-refractivity contribution is 7.19. The second kappa shape index (κ2) is 7.25. The second-order valence-corrected chi connectivity index (χ2v) is 5.43. The van der Waals surface area contributed by atoms with Gasteiger partial charge in [-0.3, -0.25) is 9.59 Å². The molecule has 0 aliphatic carbocycles. The van der Waals surface area contributed by atoms with Gasteiger partial charge in [0.05, 0.1) is 22.7 Å². The molecular formula is C13H21N3O3S. The molecule has 0 saturated carbocycles. The molecule has 0 bridgehead atoms. The summed E-state index contributed by atoms with van der Waals surface area (Å²) < 4.78 is 5.05. The number of carbonyl (C=O) groups excluding carboxylic acids is 2. The van der Waals surface area contributed by atoms with Gasteiger partial charge in [0.1, 0.15) is 5.00 Å². The van der Waals surface area contributed by atoms with Crippen molar-refractivity contribution in [1.82, 2.24) is 5.32 Å². The summed E-state index contributed by atoms with van der Waals surface area (Å²) in [6.45, 7) is 4.18. The van der Waals surface area contributed by atoms with E-state index in [9.17, 15) is 9.59 Å². The lowest BCUT2D eigenvalue weighted by Gasteiger charge is -2.13. The third kappa shape index (κ3) is 3.49. The molecule has 1 atom stereocenters. The fourth-order valence-electron chi connectivity index (χ4n) is 1.78. The third-order valence-electron chi connectivity index (χ3n) is 2.77. The van der Waals surface area contributed by atoms with Crippen LogP contribution < -0.4 is 16.4 Å². The quantitative estimate of drug-likeness (QED) is 0.667. The van der Waals surface area contributed by atoms with E-state index in [-0.39, 0.29) is 23.4 Å². The van der Waals surface area contributed by atoms with E-state index in [2.05, 4.69) is 10.6 Å². The topological polar surface area (TPSA) is 93.4 Å². The van der Waals surface area contributed by atoms with Gasteiger partial charge in [-0.05, 0) is 6.92 Å². The zero-order valence-corrected chi connectivity index (χ0v) is 13.0. The molecule has 20 heavy (non-hydrogen) atoms. The zero-order chi connectivity index (χ0) is 15.3. The Labute approximate surface area is 122 Å². The first kappa shape index (κ1) is 16.5. The summed E-state index contributed by atoms with van der Waals surface area (Å²) in [6.07, 6.45) is 0.352. The number of carbonyl (C=O) groups is 2. The maximum Gasteiger partial charge on any atom is 0.256 e. The molecule has 1 amide bonds. The van der Waals surface area contributed by atoms with Gasteiger partial charge in [0.15, 0.2) is 5.78 Å². The van der Waals surface area contributed by atoms with Gasteiger partial charge < -0.3 is 21.1 Å². The van der Waals surface area contributed by atoms with Crippen LogP contribution in [0.4, 0.5) is 10.7 Å². The molecule has 0 aliphatic rings. The van der Waals surface area contributed by atoms with Crippen molar-refractivity contribution in [3.8, 4) is 0 Å². The van der Waals surface area contributed by atoms with E-state index in [1.54, 1.807) is 14.0 Å². The van der Waals surface area contributed by atoms with Gasteiger partial charge >= 0.3 is 0 Å². The van der Waals surface area contributed by atoms with Gasteiger partial charge in [-0.1, -0.05) is 6.92 Å². The molecule has 0 aromatic carbocycles. The number of hydrogen-bond acceptors (Lipinski definition) is 6. The Morgan fingerprint density at radius 2 is 2.10 bits per heavy atom. The highest BCUT2D eigenvalue weighted by Gasteiger charge is 2.24. The summed E-state index contributed by atoms with van der Waals surface area (Å²) in [5.41, 5.74) is 6.54. The van der Waals surface area contributed by atoms with Crippen LogP contribution in [0.1, 0.15) is 40.3 Å². The van der Waals surface area contributed by atoms with Crippen LogP contribution in [0.15, 0.2) is 0 Å². The van der Waals surface area contributed by atoms with Crippen LogP contribution in [0, 0.1) is 0 Å². The Morgan fingerprint density at radius 1 is 1.45 bits per heavy atom. The maximum absolute atomic E-state index is 12.0. The van der Waals surface area contributed by atoms with E-state index in [0.717, 1.165) is 0 Å². The second-order valence-electron chi connectivity index (χ2n) is 4.41. The molecule has 0 aliphatic heterocycles. The summed E-state index contributed by atoms with van der Waals surface area (Å²) in [5.74, 6) is -0.369. The summed E-state index contributed by atoms with van der Waals surface area (Å²) >= 11 is 1.21. The van der Waals surface area contributed by atoms with Crippen molar-refractivity contribution in [1.29, 1.82) is 0 Å². The van der Waals surface area contributed by atoms with Gasteiger partial charge in [0.25, 0.3) is 5.91 Å². The first-order chi connectivity index (χ1) is 9.46. The Hall–Kier alpha value is -1.60. The Kier molecular flexibility index (Phi) is 5.97. The summed E-state index contributed by atoms with van der Waals surface area (Å²) in [7, 11) is 3.13. The van der Waals surface area contributed by atoms with E-state index >= 15 is 0 Å². The number of nitrogens with two attached hydrogens (primary N) is 1. The van der Waals surface area contributed by atoms with E-state index < -0.39 is 0 Å². The number of anilines is 2. The minimum absolute atomic E-state index is 0.00559. The molecule has 1 aromatic heterocycles. The minimum Gasteiger partial charge on any atom is -0.397 e. The van der Waals surface area contributed by atoms with Crippen LogP contribution in [0.25, 0.3) is 0 Å². The van der Waals surface area contributed by atoms with E-state index in [1.807, 2.05) is 6.92 Å². The predicted octanol–water partition coefficient (Wildman–Crippen LogP) is 1.73. The molecule has 0 spiro atoms. The largest absolute Gasteiger partial charge is 0.397 e. The molecule has 0 radical (unpaired) electrons. The molecule has 1 aromatic rings. The molecule has 6 nitrogen and oxygen atoms in total. The lowest BCUT2D eigenvalue weighted by atomic mass is 10.1. The van der Waals surface area contributed by atoms with Gasteiger partial charge in [-0.2, -0.15) is 0 Å². The molecule has 112 valence electrons. The van der Waals surface area contributed by atoms with E-state index in [0.29, 0.717) is 28.5 Å².